The highest BCUT2D eigenvalue weighted by atomic mass is 35.5. The number of hydrogen-bond acceptors (Lipinski definition) is 4. The van der Waals surface area contributed by atoms with Gasteiger partial charge in [0.1, 0.15) is 5.52 Å². The van der Waals surface area contributed by atoms with Crippen molar-refractivity contribution in [3.05, 3.63) is 47.5 Å². The van der Waals surface area contributed by atoms with E-state index in [-0.39, 0.29) is 11.2 Å². The van der Waals surface area contributed by atoms with E-state index in [0.717, 1.165) is 22.2 Å². The molecule has 7 heteroatoms. The summed E-state index contributed by atoms with van der Waals surface area (Å²) >= 11 is 5.98. The van der Waals surface area contributed by atoms with E-state index in [9.17, 15) is 0 Å². The smallest absolute Gasteiger partial charge is 0.399 e. The number of hydrogen-bond donors (Lipinski definition) is 0. The molecular weight excluding hydrogens is 336 g/mol. The number of rotatable bonds is 2. The molecule has 0 aliphatic carbocycles. The van der Waals surface area contributed by atoms with Crippen molar-refractivity contribution in [2.45, 2.75) is 38.9 Å². The van der Waals surface area contributed by atoms with Crippen LogP contribution in [0.25, 0.3) is 16.7 Å². The van der Waals surface area contributed by atoms with Crippen molar-refractivity contribution < 1.29 is 9.31 Å². The van der Waals surface area contributed by atoms with E-state index in [1.165, 1.54) is 0 Å². The van der Waals surface area contributed by atoms with Crippen LogP contribution < -0.4 is 5.46 Å². The van der Waals surface area contributed by atoms with Crippen molar-refractivity contribution in [3.8, 4) is 5.69 Å². The molecular formula is C18H19BClN3O2. The zero-order chi connectivity index (χ0) is 17.8. The first-order valence-electron chi connectivity index (χ1n) is 8.24. The molecule has 0 saturated carbocycles. The summed E-state index contributed by atoms with van der Waals surface area (Å²) in [5, 5.41) is 9.19. The summed E-state index contributed by atoms with van der Waals surface area (Å²) < 4.78 is 14.1. The van der Waals surface area contributed by atoms with Crippen LogP contribution in [0.5, 0.6) is 0 Å². The lowest BCUT2D eigenvalue weighted by molar-refractivity contribution is 0.00578. The van der Waals surface area contributed by atoms with Gasteiger partial charge in [-0.3, -0.25) is 0 Å². The molecule has 25 heavy (non-hydrogen) atoms. The van der Waals surface area contributed by atoms with Gasteiger partial charge < -0.3 is 9.31 Å². The molecule has 5 nitrogen and oxygen atoms in total. The monoisotopic (exact) mass is 355 g/mol. The number of halogens is 1. The van der Waals surface area contributed by atoms with Crippen LogP contribution in [0.4, 0.5) is 0 Å². The Kier molecular flexibility index (Phi) is 3.69. The van der Waals surface area contributed by atoms with Gasteiger partial charge in [0, 0.05) is 5.02 Å². The van der Waals surface area contributed by atoms with Crippen LogP contribution in [0.15, 0.2) is 42.5 Å². The van der Waals surface area contributed by atoms with Gasteiger partial charge in [-0.05, 0) is 69.6 Å². The Hall–Kier alpha value is -1.89. The molecule has 4 rings (SSSR count). The highest BCUT2D eigenvalue weighted by molar-refractivity contribution is 6.62. The summed E-state index contributed by atoms with van der Waals surface area (Å²) in [6, 6.07) is 13.4. The molecule has 0 amide bonds. The van der Waals surface area contributed by atoms with E-state index in [1.807, 2.05) is 70.2 Å². The van der Waals surface area contributed by atoms with Crippen molar-refractivity contribution in [3.63, 3.8) is 0 Å². The molecule has 1 fully saturated rings. The lowest BCUT2D eigenvalue weighted by atomic mass is 9.79. The standard InChI is InChI=1S/C18H19BClN3O2/c1-17(2)18(3,4)25-19(24-17)12-5-10-15-16(11-12)23(22-21-15)14-8-6-13(20)7-9-14/h5-11H,1-4H3. The van der Waals surface area contributed by atoms with E-state index in [2.05, 4.69) is 10.3 Å². The van der Waals surface area contributed by atoms with Gasteiger partial charge in [0.05, 0.1) is 22.4 Å². The maximum Gasteiger partial charge on any atom is 0.494 e. The Morgan fingerprint density at radius 3 is 2.24 bits per heavy atom. The highest BCUT2D eigenvalue weighted by Gasteiger charge is 2.51. The zero-order valence-corrected chi connectivity index (χ0v) is 15.4. The van der Waals surface area contributed by atoms with Gasteiger partial charge in [-0.1, -0.05) is 22.9 Å². The molecule has 1 saturated heterocycles. The van der Waals surface area contributed by atoms with Crippen LogP contribution in [0, 0.1) is 0 Å². The molecule has 0 unspecified atom stereocenters. The first kappa shape index (κ1) is 16.6. The fraction of sp³-hybridized carbons (Fsp3) is 0.333. The topological polar surface area (TPSA) is 49.2 Å². The molecule has 1 aliphatic rings. The molecule has 0 spiro atoms. The summed E-state index contributed by atoms with van der Waals surface area (Å²) in [4.78, 5) is 0. The Bertz CT molecular complexity index is 921. The minimum absolute atomic E-state index is 0.374. The Balaban J connectivity index is 1.76. The summed E-state index contributed by atoms with van der Waals surface area (Å²) in [7, 11) is -0.414. The lowest BCUT2D eigenvalue weighted by Gasteiger charge is -2.32. The maximum atomic E-state index is 6.15. The van der Waals surface area contributed by atoms with Crippen molar-refractivity contribution >= 4 is 35.2 Å². The minimum Gasteiger partial charge on any atom is -0.399 e. The van der Waals surface area contributed by atoms with Gasteiger partial charge in [0.15, 0.2) is 0 Å². The third kappa shape index (κ3) is 2.74. The van der Waals surface area contributed by atoms with Crippen LogP contribution in [-0.4, -0.2) is 33.3 Å². The minimum atomic E-state index is -0.414. The molecule has 2 heterocycles. The Morgan fingerprint density at radius 2 is 1.60 bits per heavy atom. The van der Waals surface area contributed by atoms with Crippen molar-refractivity contribution in [2.24, 2.45) is 0 Å². The first-order valence-corrected chi connectivity index (χ1v) is 8.62. The second-order valence-electron chi connectivity index (χ2n) is 7.31. The van der Waals surface area contributed by atoms with Crippen LogP contribution in [0.1, 0.15) is 27.7 Å². The molecule has 0 radical (unpaired) electrons. The average molecular weight is 356 g/mol. The largest absolute Gasteiger partial charge is 0.494 e. The zero-order valence-electron chi connectivity index (χ0n) is 14.7. The van der Waals surface area contributed by atoms with Gasteiger partial charge in [0.25, 0.3) is 0 Å². The van der Waals surface area contributed by atoms with Crippen molar-refractivity contribution in [2.75, 3.05) is 0 Å². The predicted molar refractivity (Wildman–Crippen MR) is 99.6 cm³/mol. The third-order valence-corrected chi connectivity index (χ3v) is 5.32. The highest BCUT2D eigenvalue weighted by Crippen LogP contribution is 2.36. The fourth-order valence-electron chi connectivity index (χ4n) is 2.83. The van der Waals surface area contributed by atoms with Gasteiger partial charge in [-0.15, -0.1) is 5.10 Å². The number of aromatic nitrogens is 3. The van der Waals surface area contributed by atoms with E-state index >= 15 is 0 Å². The molecule has 1 aromatic heterocycles. The molecule has 3 aromatic rings. The SMILES string of the molecule is CC1(C)OB(c2ccc3nnn(-c4ccc(Cl)cc4)c3c2)OC1(C)C. The van der Waals surface area contributed by atoms with Gasteiger partial charge in [-0.2, -0.15) is 0 Å². The summed E-state index contributed by atoms with van der Waals surface area (Å²) in [6.45, 7) is 8.19. The van der Waals surface area contributed by atoms with Crippen LogP contribution in [0.2, 0.25) is 5.02 Å². The van der Waals surface area contributed by atoms with Gasteiger partial charge >= 0.3 is 7.12 Å². The summed E-state index contributed by atoms with van der Waals surface area (Å²) in [6.07, 6.45) is 0. The first-order chi connectivity index (χ1) is 11.8. The molecule has 1 aliphatic heterocycles. The summed E-state index contributed by atoms with van der Waals surface area (Å²) in [5.41, 5.74) is 2.81. The van der Waals surface area contributed by atoms with E-state index < -0.39 is 7.12 Å². The van der Waals surface area contributed by atoms with Crippen LogP contribution in [0.3, 0.4) is 0 Å². The molecule has 0 N–H and O–H groups in total. The normalized spacial score (nSPS) is 18.8. The van der Waals surface area contributed by atoms with Crippen molar-refractivity contribution in [1.29, 1.82) is 0 Å². The van der Waals surface area contributed by atoms with Gasteiger partial charge in [-0.25, -0.2) is 4.68 Å². The number of fused-ring (bicyclic) bond motifs is 1. The molecule has 0 bridgehead atoms. The van der Waals surface area contributed by atoms with E-state index in [4.69, 9.17) is 20.9 Å². The fourth-order valence-corrected chi connectivity index (χ4v) is 2.96. The molecule has 128 valence electrons. The summed E-state index contributed by atoms with van der Waals surface area (Å²) in [5.74, 6) is 0. The quantitative estimate of drug-likeness (QED) is 0.661. The third-order valence-electron chi connectivity index (χ3n) is 5.07. The number of nitrogens with zero attached hydrogens (tertiary/aromatic N) is 3. The number of benzene rings is 2. The average Bonchev–Trinajstić information content (AvgIpc) is 3.06. The lowest BCUT2D eigenvalue weighted by Crippen LogP contribution is -2.41. The molecule has 0 atom stereocenters. The van der Waals surface area contributed by atoms with Crippen LogP contribution in [-0.2, 0) is 9.31 Å². The Morgan fingerprint density at radius 1 is 0.960 bits per heavy atom. The van der Waals surface area contributed by atoms with E-state index in [0.29, 0.717) is 5.02 Å². The second kappa shape index (κ2) is 5.56. The predicted octanol–water partition coefficient (Wildman–Crippen LogP) is 3.37. The Labute approximate surface area is 152 Å². The maximum absolute atomic E-state index is 6.15. The second-order valence-corrected chi connectivity index (χ2v) is 7.75. The molecule has 2 aromatic carbocycles. The van der Waals surface area contributed by atoms with Crippen LogP contribution >= 0.6 is 11.6 Å². The van der Waals surface area contributed by atoms with Gasteiger partial charge in [0.2, 0.25) is 0 Å². The van der Waals surface area contributed by atoms with Crippen molar-refractivity contribution in [1.82, 2.24) is 15.0 Å². The van der Waals surface area contributed by atoms with E-state index in [1.54, 1.807) is 4.68 Å².